The number of hydrogen-bond acceptors (Lipinski definition) is 4. The molecule has 1 spiro atoms. The smallest absolute Gasteiger partial charge is 0.143 e. The number of piperidine rings is 1. The molecule has 3 aliphatic rings. The van der Waals surface area contributed by atoms with Gasteiger partial charge < -0.3 is 14.8 Å². The fourth-order valence-corrected chi connectivity index (χ4v) is 4.10. The van der Waals surface area contributed by atoms with Gasteiger partial charge in [-0.3, -0.25) is 4.79 Å². The Bertz CT molecular complexity index is 351. The molecule has 2 unspecified atom stereocenters. The second-order valence-corrected chi connectivity index (χ2v) is 7.04. The van der Waals surface area contributed by atoms with Gasteiger partial charge in [0, 0.05) is 37.7 Å². The standard InChI is InChI=1S/C16H27NO3/c1-15(4-2-7-17-12-15)14(18)13-3-8-20-16(11-13)5-9-19-10-6-16/h13,17H,2-12H2,1H3. The van der Waals surface area contributed by atoms with E-state index in [1.165, 1.54) is 0 Å². The van der Waals surface area contributed by atoms with Crippen LogP contribution in [0.25, 0.3) is 0 Å². The average molecular weight is 281 g/mol. The second kappa shape index (κ2) is 5.74. The van der Waals surface area contributed by atoms with Crippen molar-refractivity contribution in [1.82, 2.24) is 5.32 Å². The number of Topliss-reactive ketones (excluding diaryl/α,β-unsaturated/α-hetero) is 1. The Kier molecular flexibility index (Phi) is 4.16. The first kappa shape index (κ1) is 14.5. The first-order valence-corrected chi connectivity index (χ1v) is 8.10. The molecule has 3 rings (SSSR count). The first-order valence-electron chi connectivity index (χ1n) is 8.10. The molecule has 0 radical (unpaired) electrons. The van der Waals surface area contributed by atoms with Crippen LogP contribution >= 0.6 is 0 Å². The molecule has 3 saturated heterocycles. The summed E-state index contributed by atoms with van der Waals surface area (Å²) >= 11 is 0. The molecule has 3 aliphatic heterocycles. The van der Waals surface area contributed by atoms with Crippen LogP contribution in [0.15, 0.2) is 0 Å². The van der Waals surface area contributed by atoms with E-state index in [0.29, 0.717) is 5.78 Å². The van der Waals surface area contributed by atoms with Crippen molar-refractivity contribution in [3.8, 4) is 0 Å². The number of ether oxygens (including phenoxy) is 2. The van der Waals surface area contributed by atoms with Gasteiger partial charge in [-0.05, 0) is 45.1 Å². The van der Waals surface area contributed by atoms with Gasteiger partial charge in [-0.15, -0.1) is 0 Å². The minimum absolute atomic E-state index is 0.0741. The minimum atomic E-state index is -0.160. The molecule has 0 aliphatic carbocycles. The van der Waals surface area contributed by atoms with Crippen LogP contribution in [0.2, 0.25) is 0 Å². The van der Waals surface area contributed by atoms with Crippen molar-refractivity contribution in [2.24, 2.45) is 11.3 Å². The third-order valence-corrected chi connectivity index (χ3v) is 5.46. The Hall–Kier alpha value is -0.450. The van der Waals surface area contributed by atoms with Gasteiger partial charge in [0.2, 0.25) is 0 Å². The van der Waals surface area contributed by atoms with E-state index in [0.717, 1.165) is 71.4 Å². The van der Waals surface area contributed by atoms with Gasteiger partial charge in [0.05, 0.1) is 5.60 Å². The summed E-state index contributed by atoms with van der Waals surface area (Å²) in [6.45, 7) is 6.34. The summed E-state index contributed by atoms with van der Waals surface area (Å²) in [7, 11) is 0. The lowest BCUT2D eigenvalue weighted by atomic mass is 9.69. The van der Waals surface area contributed by atoms with Crippen molar-refractivity contribution in [3.05, 3.63) is 0 Å². The molecule has 4 nitrogen and oxygen atoms in total. The maximum atomic E-state index is 13.0. The fourth-order valence-electron chi connectivity index (χ4n) is 4.10. The number of nitrogens with one attached hydrogen (secondary N) is 1. The molecule has 4 heteroatoms. The van der Waals surface area contributed by atoms with Gasteiger partial charge in [0.15, 0.2) is 0 Å². The molecule has 114 valence electrons. The highest BCUT2D eigenvalue weighted by Gasteiger charge is 2.45. The number of ketones is 1. The van der Waals surface area contributed by atoms with Crippen molar-refractivity contribution < 1.29 is 14.3 Å². The Balaban J connectivity index is 1.68. The van der Waals surface area contributed by atoms with Crippen molar-refractivity contribution in [2.45, 2.75) is 51.0 Å². The van der Waals surface area contributed by atoms with E-state index >= 15 is 0 Å². The molecular formula is C16H27NO3. The highest BCUT2D eigenvalue weighted by molar-refractivity contribution is 5.87. The Morgan fingerprint density at radius 1 is 1.20 bits per heavy atom. The summed E-state index contributed by atoms with van der Waals surface area (Å²) in [6, 6.07) is 0. The zero-order chi connectivity index (χ0) is 14.1. The Morgan fingerprint density at radius 2 is 2.00 bits per heavy atom. The van der Waals surface area contributed by atoms with Crippen LogP contribution < -0.4 is 5.32 Å². The quantitative estimate of drug-likeness (QED) is 0.840. The van der Waals surface area contributed by atoms with E-state index in [1.807, 2.05) is 0 Å². The van der Waals surface area contributed by atoms with E-state index in [-0.39, 0.29) is 16.9 Å². The molecule has 1 N–H and O–H groups in total. The van der Waals surface area contributed by atoms with Gasteiger partial charge in [0.1, 0.15) is 5.78 Å². The molecule has 0 saturated carbocycles. The van der Waals surface area contributed by atoms with Crippen LogP contribution in [0.1, 0.15) is 45.4 Å². The fraction of sp³-hybridized carbons (Fsp3) is 0.938. The minimum Gasteiger partial charge on any atom is -0.381 e. The summed E-state index contributed by atoms with van der Waals surface area (Å²) in [5, 5.41) is 3.39. The highest BCUT2D eigenvalue weighted by Crippen LogP contribution is 2.41. The van der Waals surface area contributed by atoms with Gasteiger partial charge in [-0.2, -0.15) is 0 Å². The summed E-state index contributed by atoms with van der Waals surface area (Å²) in [5.41, 5.74) is -0.234. The molecule has 0 amide bonds. The molecule has 0 bridgehead atoms. The van der Waals surface area contributed by atoms with Crippen LogP contribution in [-0.4, -0.2) is 44.3 Å². The van der Waals surface area contributed by atoms with Gasteiger partial charge in [0.25, 0.3) is 0 Å². The molecule has 20 heavy (non-hydrogen) atoms. The Morgan fingerprint density at radius 3 is 2.70 bits per heavy atom. The van der Waals surface area contributed by atoms with Crippen LogP contribution in [0.4, 0.5) is 0 Å². The Labute approximate surface area is 121 Å². The topological polar surface area (TPSA) is 47.6 Å². The van der Waals surface area contributed by atoms with Crippen LogP contribution in [0, 0.1) is 11.3 Å². The van der Waals surface area contributed by atoms with E-state index in [2.05, 4.69) is 12.2 Å². The van der Waals surface area contributed by atoms with E-state index in [4.69, 9.17) is 9.47 Å². The maximum Gasteiger partial charge on any atom is 0.143 e. The molecule has 0 aromatic carbocycles. The lowest BCUT2D eigenvalue weighted by molar-refractivity contribution is -0.162. The number of carbonyl (C=O) groups excluding carboxylic acids is 1. The molecule has 0 aromatic heterocycles. The monoisotopic (exact) mass is 281 g/mol. The highest BCUT2D eigenvalue weighted by atomic mass is 16.5. The molecular weight excluding hydrogens is 254 g/mol. The average Bonchev–Trinajstić information content (AvgIpc) is 2.48. The predicted molar refractivity (Wildman–Crippen MR) is 76.7 cm³/mol. The lowest BCUT2D eigenvalue weighted by Crippen LogP contribution is -2.51. The third kappa shape index (κ3) is 2.78. The van der Waals surface area contributed by atoms with Crippen LogP contribution in [0.5, 0.6) is 0 Å². The molecule has 0 aromatic rings. The van der Waals surface area contributed by atoms with Crippen molar-refractivity contribution in [1.29, 1.82) is 0 Å². The first-order chi connectivity index (χ1) is 9.64. The normalized spacial score (nSPS) is 37.8. The number of rotatable bonds is 2. The summed E-state index contributed by atoms with van der Waals surface area (Å²) in [6.07, 6.45) is 5.86. The van der Waals surface area contributed by atoms with Gasteiger partial charge in [-0.1, -0.05) is 6.92 Å². The van der Waals surface area contributed by atoms with E-state index < -0.39 is 0 Å². The van der Waals surface area contributed by atoms with Crippen molar-refractivity contribution in [2.75, 3.05) is 32.9 Å². The second-order valence-electron chi connectivity index (χ2n) is 7.04. The number of hydrogen-bond donors (Lipinski definition) is 1. The van der Waals surface area contributed by atoms with Crippen LogP contribution in [-0.2, 0) is 14.3 Å². The van der Waals surface area contributed by atoms with E-state index in [1.54, 1.807) is 0 Å². The third-order valence-electron chi connectivity index (χ3n) is 5.46. The van der Waals surface area contributed by atoms with Crippen molar-refractivity contribution in [3.63, 3.8) is 0 Å². The zero-order valence-corrected chi connectivity index (χ0v) is 12.6. The number of carbonyl (C=O) groups is 1. The van der Waals surface area contributed by atoms with Gasteiger partial charge >= 0.3 is 0 Å². The molecule has 2 atom stereocenters. The zero-order valence-electron chi connectivity index (χ0n) is 12.6. The maximum absolute atomic E-state index is 13.0. The predicted octanol–water partition coefficient (Wildman–Crippen LogP) is 1.92. The largest absolute Gasteiger partial charge is 0.381 e. The van der Waals surface area contributed by atoms with Gasteiger partial charge in [-0.25, -0.2) is 0 Å². The summed E-state index contributed by atoms with van der Waals surface area (Å²) in [4.78, 5) is 13.0. The molecule has 3 heterocycles. The molecule has 3 fully saturated rings. The summed E-state index contributed by atoms with van der Waals surface area (Å²) in [5.74, 6) is 0.658. The lowest BCUT2D eigenvalue weighted by Gasteiger charge is -2.45. The summed E-state index contributed by atoms with van der Waals surface area (Å²) < 4.78 is 11.5. The SMILES string of the molecule is CC1(C(=O)C2CCOC3(CCOCC3)C2)CCCNC1. The van der Waals surface area contributed by atoms with Crippen LogP contribution in [0.3, 0.4) is 0 Å². The van der Waals surface area contributed by atoms with Crippen molar-refractivity contribution >= 4 is 5.78 Å². The van der Waals surface area contributed by atoms with E-state index in [9.17, 15) is 4.79 Å².